The number of aliphatic carboxylic acids is 1. The van der Waals surface area contributed by atoms with Gasteiger partial charge in [0.15, 0.2) is 5.69 Å². The van der Waals surface area contributed by atoms with E-state index < -0.39 is 5.97 Å². The van der Waals surface area contributed by atoms with Crippen LogP contribution in [0.2, 0.25) is 0 Å². The third-order valence-corrected chi connectivity index (χ3v) is 12.5. The maximum absolute atomic E-state index is 12.6. The predicted molar refractivity (Wildman–Crippen MR) is 244 cm³/mol. The number of carbonyl (C=O) groups is 2. The Morgan fingerprint density at radius 2 is 1.21 bits per heavy atom. The molecule has 11 nitrogen and oxygen atoms in total. The summed E-state index contributed by atoms with van der Waals surface area (Å²) in [4.78, 5) is 36.2. The number of carbonyl (C=O) groups excluding carboxylic acids is 1. The number of aryl methyl sites for hydroxylation is 2. The fourth-order valence-corrected chi connectivity index (χ4v) is 8.80. The van der Waals surface area contributed by atoms with Crippen LogP contribution in [0.5, 0.6) is 0 Å². The quantitative estimate of drug-likeness (QED) is 0.151. The summed E-state index contributed by atoms with van der Waals surface area (Å²) in [7, 11) is 0. The van der Waals surface area contributed by atoms with E-state index in [1.54, 1.807) is 12.1 Å². The first kappa shape index (κ1) is 44.8. The standard InChI is InChI=1S/C25H30N4O.C13H14N2O2.C12H18N2/c1-19-3-4-22-18-28(13-9-21(22)17-19)16-12-27-25(30)20-10-14-29(15-11-20)24-7-5-23(26-2)6-8-24;14-9-10-1-3-12(4-2-10)15-7-5-11(6-8-15)13(16)17;1-10-2-3-12-9-14(7-5-13)6-4-11(12)8-10/h3-8,17,20H,9-16,18H2,1H3,(H,27,30);1-4,11H,5-8H2,(H,16,17);2-3,8H,4-7,9,13H2,1H3. The Hall–Kier alpha value is -5.72. The molecule has 4 aliphatic heterocycles. The zero-order valence-electron chi connectivity index (χ0n) is 36.0. The van der Waals surface area contributed by atoms with Gasteiger partial charge in [-0.15, -0.1) is 0 Å². The molecular formula is C50H62N8O3. The van der Waals surface area contributed by atoms with E-state index in [0.29, 0.717) is 24.1 Å². The van der Waals surface area contributed by atoms with E-state index in [1.165, 1.54) is 39.8 Å². The van der Waals surface area contributed by atoms with E-state index in [4.69, 9.17) is 22.7 Å². The first-order chi connectivity index (χ1) is 29.6. The van der Waals surface area contributed by atoms with Gasteiger partial charge in [0, 0.05) is 95.8 Å². The Bertz CT molecular complexity index is 2140. The van der Waals surface area contributed by atoms with Crippen molar-refractivity contribution in [1.29, 1.82) is 5.26 Å². The van der Waals surface area contributed by atoms with E-state index in [1.807, 2.05) is 36.4 Å². The molecule has 0 spiro atoms. The Balaban J connectivity index is 0.000000169. The molecule has 0 unspecified atom stereocenters. The zero-order chi connectivity index (χ0) is 43.1. The predicted octanol–water partition coefficient (Wildman–Crippen LogP) is 7.11. The highest BCUT2D eigenvalue weighted by Gasteiger charge is 2.26. The van der Waals surface area contributed by atoms with Gasteiger partial charge in [-0.2, -0.15) is 5.26 Å². The van der Waals surface area contributed by atoms with Gasteiger partial charge in [-0.1, -0.05) is 59.7 Å². The summed E-state index contributed by atoms with van der Waals surface area (Å²) in [5.74, 6) is -0.589. The van der Waals surface area contributed by atoms with Gasteiger partial charge in [0.25, 0.3) is 0 Å². The second kappa shape index (κ2) is 22.2. The van der Waals surface area contributed by atoms with Crippen LogP contribution in [0.25, 0.3) is 4.85 Å². The Kier molecular flexibility index (Phi) is 16.3. The number of piperidine rings is 2. The lowest BCUT2D eigenvalue weighted by Crippen LogP contribution is -2.43. The number of rotatable bonds is 9. The lowest BCUT2D eigenvalue weighted by atomic mass is 9.95. The lowest BCUT2D eigenvalue weighted by molar-refractivity contribution is -0.142. The van der Waals surface area contributed by atoms with Crippen LogP contribution in [0.4, 0.5) is 17.1 Å². The number of anilines is 2. The van der Waals surface area contributed by atoms with Gasteiger partial charge in [-0.05, 0) is 111 Å². The molecule has 2 fully saturated rings. The summed E-state index contributed by atoms with van der Waals surface area (Å²) in [6, 6.07) is 30.7. The molecule has 4 aromatic carbocycles. The molecule has 0 bridgehead atoms. The summed E-state index contributed by atoms with van der Waals surface area (Å²) in [5, 5.41) is 20.8. The van der Waals surface area contributed by atoms with Gasteiger partial charge in [0.1, 0.15) is 0 Å². The zero-order valence-corrected chi connectivity index (χ0v) is 36.0. The number of nitrogens with two attached hydrogens (primary N) is 1. The van der Waals surface area contributed by atoms with Crippen molar-refractivity contribution in [2.75, 3.05) is 75.2 Å². The average molecular weight is 823 g/mol. The van der Waals surface area contributed by atoms with Crippen molar-refractivity contribution >= 4 is 28.9 Å². The molecule has 1 amide bonds. The van der Waals surface area contributed by atoms with Crippen molar-refractivity contribution in [3.63, 3.8) is 0 Å². The molecule has 0 radical (unpaired) electrons. The fraction of sp³-hybridized carbons (Fsp3) is 0.440. The van der Waals surface area contributed by atoms with Crippen molar-refractivity contribution in [2.45, 2.75) is 65.5 Å². The number of amides is 1. The van der Waals surface area contributed by atoms with Crippen LogP contribution in [0, 0.1) is 43.6 Å². The molecule has 0 saturated carbocycles. The van der Waals surface area contributed by atoms with Gasteiger partial charge >= 0.3 is 5.97 Å². The average Bonchev–Trinajstić information content (AvgIpc) is 3.29. The molecule has 4 aliphatic rings. The van der Waals surface area contributed by atoms with Crippen molar-refractivity contribution in [1.82, 2.24) is 15.1 Å². The Labute approximate surface area is 362 Å². The highest BCUT2D eigenvalue weighted by atomic mass is 16.4. The molecule has 4 aromatic rings. The van der Waals surface area contributed by atoms with Gasteiger partial charge < -0.3 is 26.0 Å². The molecule has 61 heavy (non-hydrogen) atoms. The maximum Gasteiger partial charge on any atom is 0.306 e. The topological polar surface area (TPSA) is 134 Å². The number of carboxylic acids is 1. The smallest absolute Gasteiger partial charge is 0.306 e. The van der Waals surface area contributed by atoms with Crippen LogP contribution in [-0.2, 0) is 35.5 Å². The minimum absolute atomic E-state index is 0.105. The maximum atomic E-state index is 12.6. The number of fused-ring (bicyclic) bond motifs is 2. The summed E-state index contributed by atoms with van der Waals surface area (Å²) >= 11 is 0. The third kappa shape index (κ3) is 12.9. The minimum atomic E-state index is -0.690. The van der Waals surface area contributed by atoms with Crippen molar-refractivity contribution in [3.05, 3.63) is 135 Å². The van der Waals surface area contributed by atoms with Gasteiger partial charge in [0.05, 0.1) is 24.1 Å². The van der Waals surface area contributed by atoms with E-state index >= 15 is 0 Å². The van der Waals surface area contributed by atoms with E-state index in [0.717, 1.165) is 109 Å². The second-order valence-electron chi connectivity index (χ2n) is 16.8. The number of hydrogen-bond acceptors (Lipinski definition) is 8. The van der Waals surface area contributed by atoms with E-state index in [9.17, 15) is 9.59 Å². The fourth-order valence-electron chi connectivity index (χ4n) is 8.80. The van der Waals surface area contributed by atoms with Crippen LogP contribution in [-0.4, -0.2) is 92.2 Å². The first-order valence-electron chi connectivity index (χ1n) is 21.9. The molecule has 0 aliphatic carbocycles. The van der Waals surface area contributed by atoms with Crippen LogP contribution in [0.15, 0.2) is 84.9 Å². The molecule has 4 N–H and O–H groups in total. The molecule has 4 heterocycles. The third-order valence-electron chi connectivity index (χ3n) is 12.5. The number of nitrogens with zero attached hydrogens (tertiary/aromatic N) is 6. The number of benzene rings is 4. The largest absolute Gasteiger partial charge is 0.481 e. The highest BCUT2D eigenvalue weighted by Crippen LogP contribution is 2.27. The van der Waals surface area contributed by atoms with E-state index in [2.05, 4.69) is 86.1 Å². The first-order valence-corrected chi connectivity index (χ1v) is 21.9. The summed E-state index contributed by atoms with van der Waals surface area (Å²) < 4.78 is 0. The van der Waals surface area contributed by atoms with Crippen LogP contribution >= 0.6 is 0 Å². The van der Waals surface area contributed by atoms with Crippen LogP contribution in [0.1, 0.15) is 64.6 Å². The lowest BCUT2D eigenvalue weighted by Gasteiger charge is -2.33. The van der Waals surface area contributed by atoms with Gasteiger partial charge in [0.2, 0.25) is 5.91 Å². The van der Waals surface area contributed by atoms with Crippen molar-refractivity contribution in [2.24, 2.45) is 17.6 Å². The number of nitriles is 1. The molecule has 11 heteroatoms. The number of hydrogen-bond donors (Lipinski definition) is 3. The second-order valence-corrected chi connectivity index (χ2v) is 16.8. The monoisotopic (exact) mass is 822 g/mol. The number of carboxylic acid groups (broad SMARTS) is 1. The van der Waals surface area contributed by atoms with Gasteiger partial charge in [-0.3, -0.25) is 19.4 Å². The van der Waals surface area contributed by atoms with Gasteiger partial charge in [-0.25, -0.2) is 4.85 Å². The summed E-state index contributed by atoms with van der Waals surface area (Å²) in [6.45, 7) is 22.4. The van der Waals surface area contributed by atoms with Crippen molar-refractivity contribution in [3.8, 4) is 6.07 Å². The normalized spacial score (nSPS) is 16.9. The summed E-state index contributed by atoms with van der Waals surface area (Å²) in [6.07, 6.45) is 5.42. The SMILES string of the molecule is Cc1ccc2c(c1)CCN(CCN)C2.N#Cc1ccc(N2CCC(C(=O)O)CC2)cc1.[C-]#[N+]c1ccc(N2CCC(C(=O)NCCN3CCc4cc(C)ccc4C3)CC2)cc1. The Morgan fingerprint density at radius 1 is 0.721 bits per heavy atom. The highest BCUT2D eigenvalue weighted by molar-refractivity contribution is 5.79. The van der Waals surface area contributed by atoms with Crippen LogP contribution in [0.3, 0.4) is 0 Å². The Morgan fingerprint density at radius 3 is 1.69 bits per heavy atom. The van der Waals surface area contributed by atoms with E-state index in [-0.39, 0.29) is 17.7 Å². The van der Waals surface area contributed by atoms with Crippen molar-refractivity contribution < 1.29 is 14.7 Å². The molecule has 0 aromatic heterocycles. The summed E-state index contributed by atoms with van der Waals surface area (Å²) in [5.41, 5.74) is 17.7. The molecule has 2 saturated heterocycles. The molecule has 8 rings (SSSR count). The minimum Gasteiger partial charge on any atom is -0.481 e. The van der Waals surface area contributed by atoms with Crippen LogP contribution < -0.4 is 20.9 Å². The molecule has 320 valence electrons. The molecular weight excluding hydrogens is 761 g/mol. The molecule has 0 atom stereocenters. The number of nitrogens with one attached hydrogen (secondary N) is 1.